The van der Waals surface area contributed by atoms with E-state index in [1.807, 2.05) is 38.1 Å². The Balaban J connectivity index is 1.70. The Kier molecular flexibility index (Phi) is 4.55. The standard InChI is InChI=1S/C18H22N4O/c1-13-5-7-15(8-6-13)12-19-18(23)16-11-17(21-14(2)20-16)22-9-3-4-10-22/h5-8,11H,3-4,9-10,12H2,1-2H3,(H,19,23). The lowest BCUT2D eigenvalue weighted by molar-refractivity contribution is 0.0945. The zero-order valence-electron chi connectivity index (χ0n) is 13.7. The summed E-state index contributed by atoms with van der Waals surface area (Å²) in [6.45, 7) is 6.38. The van der Waals surface area contributed by atoms with Gasteiger partial charge < -0.3 is 10.2 Å². The summed E-state index contributed by atoms with van der Waals surface area (Å²) in [6.07, 6.45) is 2.36. The largest absolute Gasteiger partial charge is 0.356 e. The first-order chi connectivity index (χ1) is 11.1. The second-order valence-corrected chi connectivity index (χ2v) is 6.02. The number of nitrogens with one attached hydrogen (secondary N) is 1. The van der Waals surface area contributed by atoms with Gasteiger partial charge in [-0.1, -0.05) is 29.8 Å². The van der Waals surface area contributed by atoms with Crippen LogP contribution >= 0.6 is 0 Å². The summed E-state index contributed by atoms with van der Waals surface area (Å²) >= 11 is 0. The lowest BCUT2D eigenvalue weighted by atomic mass is 10.1. The van der Waals surface area contributed by atoms with Crippen molar-refractivity contribution in [1.82, 2.24) is 15.3 Å². The van der Waals surface area contributed by atoms with Gasteiger partial charge in [-0.3, -0.25) is 4.79 Å². The van der Waals surface area contributed by atoms with E-state index < -0.39 is 0 Å². The van der Waals surface area contributed by atoms with E-state index in [-0.39, 0.29) is 5.91 Å². The SMILES string of the molecule is Cc1ccc(CNC(=O)c2cc(N3CCCC3)nc(C)n2)cc1. The lowest BCUT2D eigenvalue weighted by Gasteiger charge is -2.17. The zero-order chi connectivity index (χ0) is 16.2. The average molecular weight is 310 g/mol. The second kappa shape index (κ2) is 6.77. The highest BCUT2D eigenvalue weighted by Crippen LogP contribution is 2.18. The maximum atomic E-state index is 12.4. The van der Waals surface area contributed by atoms with Crippen LogP contribution in [-0.4, -0.2) is 29.0 Å². The van der Waals surface area contributed by atoms with Crippen LogP contribution in [0.4, 0.5) is 5.82 Å². The van der Waals surface area contributed by atoms with Crippen LogP contribution < -0.4 is 10.2 Å². The Morgan fingerprint density at radius 3 is 2.52 bits per heavy atom. The third-order valence-electron chi connectivity index (χ3n) is 4.06. The predicted octanol–water partition coefficient (Wildman–Crippen LogP) is 2.62. The molecule has 2 heterocycles. The van der Waals surface area contributed by atoms with Crippen LogP contribution in [0, 0.1) is 13.8 Å². The van der Waals surface area contributed by atoms with Gasteiger partial charge in [-0.15, -0.1) is 0 Å². The van der Waals surface area contributed by atoms with E-state index in [9.17, 15) is 4.79 Å². The van der Waals surface area contributed by atoms with Crippen molar-refractivity contribution >= 4 is 11.7 Å². The molecule has 0 saturated carbocycles. The fourth-order valence-corrected chi connectivity index (χ4v) is 2.76. The number of nitrogens with zero attached hydrogens (tertiary/aromatic N) is 3. The van der Waals surface area contributed by atoms with Crippen LogP contribution in [0.1, 0.15) is 40.3 Å². The molecule has 0 aliphatic carbocycles. The van der Waals surface area contributed by atoms with Crippen LogP contribution in [0.15, 0.2) is 30.3 Å². The molecule has 0 spiro atoms. The number of amides is 1. The van der Waals surface area contributed by atoms with Crippen LogP contribution in [0.25, 0.3) is 0 Å². The minimum atomic E-state index is -0.156. The highest BCUT2D eigenvalue weighted by atomic mass is 16.1. The molecule has 1 fully saturated rings. The van der Waals surface area contributed by atoms with Crippen molar-refractivity contribution in [3.05, 3.63) is 53.0 Å². The van der Waals surface area contributed by atoms with Gasteiger partial charge in [0.25, 0.3) is 5.91 Å². The highest BCUT2D eigenvalue weighted by Gasteiger charge is 2.17. The summed E-state index contributed by atoms with van der Waals surface area (Å²) in [5.74, 6) is 1.34. The highest BCUT2D eigenvalue weighted by molar-refractivity contribution is 5.92. The number of hydrogen-bond acceptors (Lipinski definition) is 4. The zero-order valence-corrected chi connectivity index (χ0v) is 13.7. The first-order valence-electron chi connectivity index (χ1n) is 8.06. The number of rotatable bonds is 4. The second-order valence-electron chi connectivity index (χ2n) is 6.02. The quantitative estimate of drug-likeness (QED) is 0.943. The van der Waals surface area contributed by atoms with Crippen molar-refractivity contribution in [3.63, 3.8) is 0 Å². The smallest absolute Gasteiger partial charge is 0.270 e. The third kappa shape index (κ3) is 3.86. The molecule has 3 rings (SSSR count). The molecule has 1 aromatic heterocycles. The molecule has 120 valence electrons. The Bertz CT molecular complexity index is 691. The van der Waals surface area contributed by atoms with Crippen molar-refractivity contribution < 1.29 is 4.79 Å². The number of anilines is 1. The van der Waals surface area contributed by atoms with E-state index in [1.165, 1.54) is 18.4 Å². The topological polar surface area (TPSA) is 58.1 Å². The Hall–Kier alpha value is -2.43. The van der Waals surface area contributed by atoms with Crippen LogP contribution in [0.5, 0.6) is 0 Å². The molecule has 23 heavy (non-hydrogen) atoms. The van der Waals surface area contributed by atoms with Crippen molar-refractivity contribution in [3.8, 4) is 0 Å². The van der Waals surface area contributed by atoms with Gasteiger partial charge in [0.05, 0.1) is 0 Å². The van der Waals surface area contributed by atoms with Crippen LogP contribution in [0.3, 0.4) is 0 Å². The molecule has 0 unspecified atom stereocenters. The van der Waals surface area contributed by atoms with Crippen molar-refractivity contribution in [1.29, 1.82) is 0 Å². The van der Waals surface area contributed by atoms with E-state index in [4.69, 9.17) is 0 Å². The number of hydrogen-bond donors (Lipinski definition) is 1. The van der Waals surface area contributed by atoms with Gasteiger partial charge in [0.15, 0.2) is 0 Å². The lowest BCUT2D eigenvalue weighted by Crippen LogP contribution is -2.26. The van der Waals surface area contributed by atoms with E-state index in [0.29, 0.717) is 18.1 Å². The van der Waals surface area contributed by atoms with Gasteiger partial charge in [0.2, 0.25) is 0 Å². The molecule has 2 aromatic rings. The molecular weight excluding hydrogens is 288 g/mol. The normalized spacial score (nSPS) is 14.1. The number of benzene rings is 1. The molecule has 0 atom stereocenters. The molecule has 1 N–H and O–H groups in total. The van der Waals surface area contributed by atoms with Gasteiger partial charge in [0.1, 0.15) is 17.3 Å². The van der Waals surface area contributed by atoms with Crippen LogP contribution in [-0.2, 0) is 6.54 Å². The molecular formula is C18H22N4O. The van der Waals surface area contributed by atoms with E-state index in [0.717, 1.165) is 24.5 Å². The maximum Gasteiger partial charge on any atom is 0.270 e. The predicted molar refractivity (Wildman–Crippen MR) is 90.6 cm³/mol. The van der Waals surface area contributed by atoms with Gasteiger partial charge in [-0.05, 0) is 32.3 Å². The average Bonchev–Trinajstić information content (AvgIpc) is 3.08. The number of aromatic nitrogens is 2. The van der Waals surface area contributed by atoms with E-state index >= 15 is 0 Å². The summed E-state index contributed by atoms with van der Waals surface area (Å²) < 4.78 is 0. The third-order valence-corrected chi connectivity index (χ3v) is 4.06. The molecule has 5 nitrogen and oxygen atoms in total. The monoisotopic (exact) mass is 310 g/mol. The summed E-state index contributed by atoms with van der Waals surface area (Å²) in [6, 6.07) is 9.93. The van der Waals surface area contributed by atoms with Gasteiger partial charge in [-0.2, -0.15) is 0 Å². The first-order valence-corrected chi connectivity index (χ1v) is 8.06. The van der Waals surface area contributed by atoms with Gasteiger partial charge in [0, 0.05) is 25.7 Å². The minimum absolute atomic E-state index is 0.156. The summed E-state index contributed by atoms with van der Waals surface area (Å²) in [5, 5.41) is 2.93. The van der Waals surface area contributed by atoms with E-state index in [1.54, 1.807) is 6.07 Å². The molecule has 0 radical (unpaired) electrons. The summed E-state index contributed by atoms with van der Waals surface area (Å²) in [7, 11) is 0. The molecule has 1 aliphatic rings. The van der Waals surface area contributed by atoms with Crippen molar-refractivity contribution in [2.24, 2.45) is 0 Å². The van der Waals surface area contributed by atoms with Crippen molar-refractivity contribution in [2.45, 2.75) is 33.2 Å². The van der Waals surface area contributed by atoms with Crippen LogP contribution in [0.2, 0.25) is 0 Å². The van der Waals surface area contributed by atoms with Gasteiger partial charge >= 0.3 is 0 Å². The minimum Gasteiger partial charge on any atom is -0.356 e. The molecule has 1 amide bonds. The Labute approximate surface area is 136 Å². The Morgan fingerprint density at radius 2 is 1.83 bits per heavy atom. The Morgan fingerprint density at radius 1 is 1.13 bits per heavy atom. The number of carbonyl (C=O) groups excluding carboxylic acids is 1. The molecule has 1 aliphatic heterocycles. The number of aryl methyl sites for hydroxylation is 2. The number of carbonyl (C=O) groups is 1. The maximum absolute atomic E-state index is 12.4. The van der Waals surface area contributed by atoms with E-state index in [2.05, 4.69) is 20.2 Å². The molecule has 0 bridgehead atoms. The van der Waals surface area contributed by atoms with Gasteiger partial charge in [-0.25, -0.2) is 9.97 Å². The fourth-order valence-electron chi connectivity index (χ4n) is 2.76. The summed E-state index contributed by atoms with van der Waals surface area (Å²) in [5.41, 5.74) is 2.72. The summed E-state index contributed by atoms with van der Waals surface area (Å²) in [4.78, 5) is 23.3. The molecule has 1 saturated heterocycles. The fraction of sp³-hybridized carbons (Fsp3) is 0.389. The van der Waals surface area contributed by atoms with Crippen molar-refractivity contribution in [2.75, 3.05) is 18.0 Å². The molecule has 1 aromatic carbocycles. The first kappa shape index (κ1) is 15.5. The molecule has 5 heteroatoms.